The maximum absolute atomic E-state index is 12.2. The highest BCUT2D eigenvalue weighted by Crippen LogP contribution is 2.34. The number of nitrogens with zero attached hydrogens (tertiary/aromatic N) is 1. The molecule has 0 aliphatic rings. The van der Waals surface area contributed by atoms with Crippen molar-refractivity contribution in [2.24, 2.45) is 0 Å². The molecule has 2 aromatic carbocycles. The lowest BCUT2D eigenvalue weighted by Gasteiger charge is -2.11. The van der Waals surface area contributed by atoms with Crippen LogP contribution in [0.5, 0.6) is 11.5 Å². The first-order valence-corrected chi connectivity index (χ1v) is 12.0. The minimum Gasteiger partial charge on any atom is -0.457 e. The number of benzene rings is 2. The van der Waals surface area contributed by atoms with Gasteiger partial charge in [0.25, 0.3) is 5.91 Å². The summed E-state index contributed by atoms with van der Waals surface area (Å²) in [6, 6.07) is 16.5. The number of hydrogen-bond donors (Lipinski definition) is 3. The van der Waals surface area contributed by atoms with Gasteiger partial charge in [0.1, 0.15) is 24.3 Å². The van der Waals surface area contributed by atoms with E-state index >= 15 is 0 Å². The van der Waals surface area contributed by atoms with Crippen molar-refractivity contribution < 1.29 is 18.9 Å². The van der Waals surface area contributed by atoms with Crippen LogP contribution in [-0.4, -0.2) is 37.3 Å². The van der Waals surface area contributed by atoms with Crippen molar-refractivity contribution >= 4 is 35.8 Å². The van der Waals surface area contributed by atoms with E-state index in [0.29, 0.717) is 22.9 Å². The van der Waals surface area contributed by atoms with Crippen molar-refractivity contribution in [3.8, 4) is 11.5 Å². The Morgan fingerprint density at radius 1 is 0.871 bits per heavy atom. The monoisotopic (exact) mass is 438 g/mol. The molecule has 3 rings (SSSR count). The van der Waals surface area contributed by atoms with Crippen molar-refractivity contribution in [3.63, 3.8) is 0 Å². The maximum Gasteiger partial charge on any atom is 0.323 e. The Morgan fingerprint density at radius 3 is 2.00 bits per heavy atom. The lowest BCUT2D eigenvalue weighted by atomic mass is 10.3. The first kappa shape index (κ1) is 22.1. The van der Waals surface area contributed by atoms with Crippen LogP contribution in [0.3, 0.4) is 0 Å². The summed E-state index contributed by atoms with van der Waals surface area (Å²) in [4.78, 5) is 27.9. The van der Waals surface area contributed by atoms with Gasteiger partial charge in [-0.25, -0.2) is 4.79 Å². The molecule has 0 unspecified atom stereocenters. The van der Waals surface area contributed by atoms with Crippen LogP contribution in [0.1, 0.15) is 10.5 Å². The average Bonchev–Trinajstić information content (AvgIpc) is 2.74. The first-order valence-electron chi connectivity index (χ1n) is 9.44. The standard InChI is InChI=1S/C22H23N4O4P/c1-23-21(27)20-14-18(12-13-24-20)30-17-8-4-15(5-9-17)25-22(28)26-16-6-10-19(11-7-16)31(2,3)29/h4-14H,1-3H3,(H,23,27)(H2,25,26,28). The molecule has 3 N–H and O–H groups in total. The van der Waals surface area contributed by atoms with Gasteiger partial charge < -0.3 is 25.3 Å². The highest BCUT2D eigenvalue weighted by atomic mass is 31.2. The number of rotatable bonds is 6. The van der Waals surface area contributed by atoms with Crippen LogP contribution in [0.4, 0.5) is 16.2 Å². The van der Waals surface area contributed by atoms with Crippen molar-refractivity contribution in [2.75, 3.05) is 31.0 Å². The normalized spacial score (nSPS) is 10.8. The Hall–Kier alpha value is -3.64. The summed E-state index contributed by atoms with van der Waals surface area (Å²) < 4.78 is 17.8. The molecule has 0 saturated heterocycles. The van der Waals surface area contributed by atoms with Gasteiger partial charge in [0.2, 0.25) is 0 Å². The molecule has 0 radical (unpaired) electrons. The van der Waals surface area contributed by atoms with Gasteiger partial charge >= 0.3 is 6.03 Å². The average molecular weight is 438 g/mol. The Balaban J connectivity index is 1.58. The number of urea groups is 1. The number of amides is 3. The number of carbonyl (C=O) groups is 2. The van der Waals surface area contributed by atoms with Crippen LogP contribution in [0.2, 0.25) is 0 Å². The third-order valence-electron chi connectivity index (χ3n) is 4.29. The molecule has 3 aromatic rings. The van der Waals surface area contributed by atoms with E-state index in [1.54, 1.807) is 74.0 Å². The molecular formula is C22H23N4O4P. The number of hydrogen-bond acceptors (Lipinski definition) is 5. The van der Waals surface area contributed by atoms with Crippen LogP contribution in [0.15, 0.2) is 66.9 Å². The Kier molecular flexibility index (Phi) is 6.72. The van der Waals surface area contributed by atoms with Gasteiger partial charge in [-0.2, -0.15) is 0 Å². The summed E-state index contributed by atoms with van der Waals surface area (Å²) in [5.74, 6) is 0.711. The zero-order valence-electron chi connectivity index (χ0n) is 17.4. The Morgan fingerprint density at radius 2 is 1.45 bits per heavy atom. The molecule has 0 bridgehead atoms. The number of ether oxygens (including phenoxy) is 1. The van der Waals surface area contributed by atoms with Crippen LogP contribution < -0.4 is 26.0 Å². The SMILES string of the molecule is CNC(=O)c1cc(Oc2ccc(NC(=O)Nc3ccc(P(C)(C)=O)cc3)cc2)ccn1. The van der Waals surface area contributed by atoms with Gasteiger partial charge in [-0.3, -0.25) is 9.78 Å². The van der Waals surface area contributed by atoms with Gasteiger partial charge in [-0.05, 0) is 67.9 Å². The fraction of sp³-hybridized carbons (Fsp3) is 0.136. The van der Waals surface area contributed by atoms with Gasteiger partial charge in [-0.1, -0.05) is 0 Å². The molecule has 8 nitrogen and oxygen atoms in total. The van der Waals surface area contributed by atoms with Crippen molar-refractivity contribution in [1.82, 2.24) is 10.3 Å². The van der Waals surface area contributed by atoms with Gasteiger partial charge in [0, 0.05) is 36.0 Å². The fourth-order valence-electron chi connectivity index (χ4n) is 2.67. The van der Waals surface area contributed by atoms with E-state index in [1.165, 1.54) is 13.2 Å². The molecule has 3 amide bonds. The van der Waals surface area contributed by atoms with E-state index in [1.807, 2.05) is 0 Å². The number of nitrogens with one attached hydrogen (secondary N) is 3. The Labute approximate surface area is 180 Å². The van der Waals surface area contributed by atoms with Crippen LogP contribution in [-0.2, 0) is 4.57 Å². The van der Waals surface area contributed by atoms with E-state index in [9.17, 15) is 14.2 Å². The summed E-state index contributed by atoms with van der Waals surface area (Å²) in [5.41, 5.74) is 1.43. The van der Waals surface area contributed by atoms with Gasteiger partial charge in [0.15, 0.2) is 0 Å². The molecule has 9 heteroatoms. The van der Waals surface area contributed by atoms with Crippen LogP contribution in [0, 0.1) is 0 Å². The largest absolute Gasteiger partial charge is 0.457 e. The molecule has 0 atom stereocenters. The summed E-state index contributed by atoms with van der Waals surface area (Å²) in [5, 5.41) is 8.73. The molecule has 0 saturated carbocycles. The smallest absolute Gasteiger partial charge is 0.323 e. The predicted octanol–water partition coefficient (Wildman–Crippen LogP) is 4.13. The van der Waals surface area contributed by atoms with E-state index < -0.39 is 13.2 Å². The van der Waals surface area contributed by atoms with E-state index in [0.717, 1.165) is 5.30 Å². The lowest BCUT2D eigenvalue weighted by Crippen LogP contribution is -2.19. The summed E-state index contributed by atoms with van der Waals surface area (Å²) in [6.07, 6.45) is 1.49. The van der Waals surface area contributed by atoms with Crippen molar-refractivity contribution in [2.45, 2.75) is 0 Å². The van der Waals surface area contributed by atoms with Gasteiger partial charge in [0.05, 0.1) is 0 Å². The molecular weight excluding hydrogens is 415 g/mol. The topological polar surface area (TPSA) is 109 Å². The molecule has 0 aliphatic heterocycles. The molecule has 1 aromatic heterocycles. The second kappa shape index (κ2) is 9.45. The quantitative estimate of drug-likeness (QED) is 0.502. The second-order valence-electron chi connectivity index (χ2n) is 7.06. The fourth-order valence-corrected chi connectivity index (χ4v) is 3.53. The zero-order chi connectivity index (χ0) is 22.4. The maximum atomic E-state index is 12.2. The molecule has 0 fully saturated rings. The van der Waals surface area contributed by atoms with Crippen molar-refractivity contribution in [3.05, 3.63) is 72.6 Å². The van der Waals surface area contributed by atoms with Crippen LogP contribution >= 0.6 is 7.14 Å². The van der Waals surface area contributed by atoms with E-state index in [-0.39, 0.29) is 11.6 Å². The first-order chi connectivity index (χ1) is 14.7. The molecule has 0 spiro atoms. The molecule has 160 valence electrons. The van der Waals surface area contributed by atoms with Gasteiger partial charge in [-0.15, -0.1) is 0 Å². The zero-order valence-corrected chi connectivity index (χ0v) is 18.3. The number of pyridine rings is 1. The molecule has 0 aliphatic carbocycles. The van der Waals surface area contributed by atoms with Crippen molar-refractivity contribution in [1.29, 1.82) is 0 Å². The highest BCUT2D eigenvalue weighted by molar-refractivity contribution is 7.70. The molecule has 31 heavy (non-hydrogen) atoms. The lowest BCUT2D eigenvalue weighted by molar-refractivity contribution is 0.0958. The molecule has 1 heterocycles. The number of anilines is 2. The van der Waals surface area contributed by atoms with Crippen LogP contribution in [0.25, 0.3) is 0 Å². The highest BCUT2D eigenvalue weighted by Gasteiger charge is 2.11. The minimum atomic E-state index is -2.33. The predicted molar refractivity (Wildman–Crippen MR) is 122 cm³/mol. The minimum absolute atomic E-state index is 0.253. The Bertz CT molecular complexity index is 1130. The third kappa shape index (κ3) is 6.17. The third-order valence-corrected chi connectivity index (χ3v) is 5.83. The summed E-state index contributed by atoms with van der Waals surface area (Å²) in [6.45, 7) is 3.40. The van der Waals surface area contributed by atoms with E-state index in [4.69, 9.17) is 4.74 Å². The number of aromatic nitrogens is 1. The van der Waals surface area contributed by atoms with E-state index in [2.05, 4.69) is 20.9 Å². The summed E-state index contributed by atoms with van der Waals surface area (Å²) >= 11 is 0. The number of carbonyl (C=O) groups excluding carboxylic acids is 2. The summed E-state index contributed by atoms with van der Waals surface area (Å²) in [7, 11) is -0.799. The second-order valence-corrected chi connectivity index (χ2v) is 10.3.